The fourth-order valence-electron chi connectivity index (χ4n) is 3.05. The summed E-state index contributed by atoms with van der Waals surface area (Å²) in [7, 11) is 0. The molecule has 0 aliphatic carbocycles. The van der Waals surface area contributed by atoms with Crippen molar-refractivity contribution in [3.8, 4) is 22.6 Å². The van der Waals surface area contributed by atoms with Gasteiger partial charge in [0.15, 0.2) is 11.6 Å². The molecular weight excluding hydrogens is 529 g/mol. The lowest BCUT2D eigenvalue weighted by molar-refractivity contribution is -0.396. The zero-order chi connectivity index (χ0) is 28.1. The van der Waals surface area contributed by atoms with Crippen LogP contribution in [0.5, 0.6) is 11.5 Å². The molecule has 0 aromatic heterocycles. The predicted molar refractivity (Wildman–Crippen MR) is 112 cm³/mol. The van der Waals surface area contributed by atoms with Gasteiger partial charge in [-0.05, 0) is 49.1 Å². The first-order chi connectivity index (χ1) is 17.1. The van der Waals surface area contributed by atoms with Gasteiger partial charge in [0, 0.05) is 12.0 Å². The molecule has 206 valence electrons. The lowest BCUT2D eigenvalue weighted by atomic mass is 9.99. The van der Waals surface area contributed by atoms with Crippen LogP contribution in [0.3, 0.4) is 0 Å². The van der Waals surface area contributed by atoms with Crippen LogP contribution >= 0.6 is 0 Å². The Labute approximate surface area is 204 Å². The van der Waals surface area contributed by atoms with Gasteiger partial charge in [0.05, 0.1) is 13.2 Å². The number of benzene rings is 2. The van der Waals surface area contributed by atoms with E-state index in [1.54, 1.807) is 6.08 Å². The SMILES string of the molecule is C=CCCOc1ccc(-c2ccc(OCCCCC(F)(F)C(F)(F)C(F)(F)C(F)(F)F)c(F)c2F)cc1. The van der Waals surface area contributed by atoms with E-state index in [2.05, 4.69) is 6.58 Å². The maximum Gasteiger partial charge on any atom is 0.460 e. The first-order valence-corrected chi connectivity index (χ1v) is 10.7. The number of hydrogen-bond acceptors (Lipinski definition) is 2. The Kier molecular flexibility index (Phi) is 9.48. The van der Waals surface area contributed by atoms with Crippen molar-refractivity contribution in [2.24, 2.45) is 0 Å². The van der Waals surface area contributed by atoms with E-state index in [0.29, 0.717) is 18.8 Å². The standard InChI is InChI=1S/C24H21F11O2/c1-2-3-13-36-16-8-6-15(7-9-16)17-10-11-18(20(26)19(17)25)37-14-5-4-12-21(27,28)22(29,30)23(31,32)24(33,34)35/h2,6-11H,1,3-5,12-14H2. The second-order valence-corrected chi connectivity index (χ2v) is 7.85. The number of ether oxygens (including phenoxy) is 2. The van der Waals surface area contributed by atoms with Crippen molar-refractivity contribution in [2.75, 3.05) is 13.2 Å². The number of hydrogen-bond donors (Lipinski definition) is 0. The molecule has 0 saturated carbocycles. The monoisotopic (exact) mass is 550 g/mol. The Hall–Kier alpha value is -2.99. The zero-order valence-corrected chi connectivity index (χ0v) is 19.0. The van der Waals surface area contributed by atoms with Gasteiger partial charge < -0.3 is 9.47 Å². The average Bonchev–Trinajstić information content (AvgIpc) is 2.81. The molecule has 0 saturated heterocycles. The topological polar surface area (TPSA) is 18.5 Å². The third-order valence-electron chi connectivity index (χ3n) is 5.16. The predicted octanol–water partition coefficient (Wildman–Crippen LogP) is 8.60. The summed E-state index contributed by atoms with van der Waals surface area (Å²) in [6, 6.07) is 8.19. The van der Waals surface area contributed by atoms with Crippen LogP contribution in [0.4, 0.5) is 48.3 Å². The van der Waals surface area contributed by atoms with Crippen LogP contribution in [0.15, 0.2) is 49.1 Å². The van der Waals surface area contributed by atoms with E-state index in [9.17, 15) is 48.3 Å². The fourth-order valence-corrected chi connectivity index (χ4v) is 3.05. The minimum absolute atomic E-state index is 0.144. The van der Waals surface area contributed by atoms with Crippen molar-refractivity contribution < 1.29 is 57.8 Å². The molecule has 0 unspecified atom stereocenters. The lowest BCUT2D eigenvalue weighted by Gasteiger charge is -2.33. The smallest absolute Gasteiger partial charge is 0.460 e. The fraction of sp³-hybridized carbons (Fsp3) is 0.417. The first kappa shape index (κ1) is 30.2. The van der Waals surface area contributed by atoms with Gasteiger partial charge in [0.25, 0.3) is 0 Å². The van der Waals surface area contributed by atoms with E-state index in [4.69, 9.17) is 9.47 Å². The molecular formula is C24H21F11O2. The summed E-state index contributed by atoms with van der Waals surface area (Å²) >= 11 is 0. The number of rotatable bonds is 13. The largest absolute Gasteiger partial charge is 0.493 e. The second-order valence-electron chi connectivity index (χ2n) is 7.85. The summed E-state index contributed by atoms with van der Waals surface area (Å²) in [5, 5.41) is 0. The van der Waals surface area contributed by atoms with Crippen LogP contribution in [0, 0.1) is 11.6 Å². The van der Waals surface area contributed by atoms with Gasteiger partial charge in [-0.3, -0.25) is 0 Å². The van der Waals surface area contributed by atoms with Crippen LogP contribution < -0.4 is 9.47 Å². The summed E-state index contributed by atoms with van der Waals surface area (Å²) in [4.78, 5) is 0. The van der Waals surface area contributed by atoms with Gasteiger partial charge in [-0.25, -0.2) is 4.39 Å². The van der Waals surface area contributed by atoms with Crippen molar-refractivity contribution in [3.63, 3.8) is 0 Å². The third-order valence-corrected chi connectivity index (χ3v) is 5.16. The normalized spacial score (nSPS) is 12.9. The van der Waals surface area contributed by atoms with Gasteiger partial charge in [-0.15, -0.1) is 6.58 Å². The molecule has 2 aromatic rings. The Morgan fingerprint density at radius 1 is 0.703 bits per heavy atom. The highest BCUT2D eigenvalue weighted by atomic mass is 19.4. The highest BCUT2D eigenvalue weighted by Crippen LogP contribution is 2.54. The molecule has 2 rings (SSSR count). The maximum atomic E-state index is 14.5. The Bertz CT molecular complexity index is 1050. The summed E-state index contributed by atoms with van der Waals surface area (Å²) in [5.74, 6) is -22.3. The van der Waals surface area contributed by atoms with Gasteiger partial charge in [0.2, 0.25) is 5.82 Å². The molecule has 2 nitrogen and oxygen atoms in total. The third kappa shape index (κ3) is 6.67. The van der Waals surface area contributed by atoms with Gasteiger partial charge in [-0.2, -0.15) is 43.9 Å². The van der Waals surface area contributed by atoms with Gasteiger partial charge in [-0.1, -0.05) is 18.2 Å². The van der Waals surface area contributed by atoms with E-state index in [1.807, 2.05) is 0 Å². The minimum atomic E-state index is -6.96. The van der Waals surface area contributed by atoms with Crippen LogP contribution in [0.1, 0.15) is 25.7 Å². The summed E-state index contributed by atoms with van der Waals surface area (Å²) in [5.41, 5.74) is 0.146. The molecule has 0 radical (unpaired) electrons. The molecule has 13 heteroatoms. The lowest BCUT2D eigenvalue weighted by Crippen LogP contribution is -2.60. The summed E-state index contributed by atoms with van der Waals surface area (Å²) in [6.45, 7) is 3.29. The number of unbranched alkanes of at least 4 members (excludes halogenated alkanes) is 1. The van der Waals surface area contributed by atoms with Crippen molar-refractivity contribution in [1.29, 1.82) is 0 Å². The van der Waals surface area contributed by atoms with Crippen molar-refractivity contribution in [1.82, 2.24) is 0 Å². The molecule has 37 heavy (non-hydrogen) atoms. The van der Waals surface area contributed by atoms with E-state index >= 15 is 0 Å². The average molecular weight is 550 g/mol. The van der Waals surface area contributed by atoms with Crippen LogP contribution in [0.2, 0.25) is 0 Å². The molecule has 0 aliphatic heterocycles. The Morgan fingerprint density at radius 3 is 1.89 bits per heavy atom. The highest BCUT2D eigenvalue weighted by molar-refractivity contribution is 5.66. The first-order valence-electron chi connectivity index (χ1n) is 10.7. The van der Waals surface area contributed by atoms with E-state index in [0.717, 1.165) is 12.1 Å². The molecule has 0 atom stereocenters. The van der Waals surface area contributed by atoms with Crippen LogP contribution in [-0.2, 0) is 0 Å². The van der Waals surface area contributed by atoms with E-state index in [1.165, 1.54) is 24.3 Å². The van der Waals surface area contributed by atoms with E-state index in [-0.39, 0.29) is 11.1 Å². The van der Waals surface area contributed by atoms with Crippen molar-refractivity contribution in [2.45, 2.75) is 49.6 Å². The molecule has 0 aliphatic rings. The second kappa shape index (κ2) is 11.6. The minimum Gasteiger partial charge on any atom is -0.493 e. The summed E-state index contributed by atoms with van der Waals surface area (Å²) in [6.07, 6.45) is -8.19. The number of halogens is 11. The number of alkyl halides is 9. The van der Waals surface area contributed by atoms with Crippen LogP contribution in [0.25, 0.3) is 11.1 Å². The molecule has 0 fully saturated rings. The quantitative estimate of drug-likeness (QED) is 0.141. The zero-order valence-electron chi connectivity index (χ0n) is 19.0. The molecule has 0 amide bonds. The van der Waals surface area contributed by atoms with E-state index < -0.39 is 67.2 Å². The Morgan fingerprint density at radius 2 is 1.32 bits per heavy atom. The molecule has 0 heterocycles. The van der Waals surface area contributed by atoms with Gasteiger partial charge >= 0.3 is 23.9 Å². The van der Waals surface area contributed by atoms with Gasteiger partial charge in [0.1, 0.15) is 5.75 Å². The maximum absolute atomic E-state index is 14.5. The molecule has 0 bridgehead atoms. The summed E-state index contributed by atoms with van der Waals surface area (Å²) < 4.78 is 155. The van der Waals surface area contributed by atoms with Crippen LogP contribution in [-0.4, -0.2) is 37.2 Å². The Balaban J connectivity index is 1.96. The molecule has 0 N–H and O–H groups in total. The van der Waals surface area contributed by atoms with Crippen molar-refractivity contribution in [3.05, 3.63) is 60.7 Å². The molecule has 2 aromatic carbocycles. The molecule has 0 spiro atoms. The highest BCUT2D eigenvalue weighted by Gasteiger charge is 2.81. The van der Waals surface area contributed by atoms with Crippen molar-refractivity contribution >= 4 is 0 Å².